The van der Waals surface area contributed by atoms with Gasteiger partial charge in [0, 0.05) is 18.2 Å². The number of carboxylic acid groups (broad SMARTS) is 1. The molecule has 0 bridgehead atoms. The number of ether oxygens (including phenoxy) is 1. The minimum absolute atomic E-state index is 0.315. The summed E-state index contributed by atoms with van der Waals surface area (Å²) in [4.78, 5) is 13.5. The Morgan fingerprint density at radius 3 is 2.85 bits per heavy atom. The van der Waals surface area contributed by atoms with E-state index in [2.05, 4.69) is 0 Å². The second kappa shape index (κ2) is 5.79. The Balaban J connectivity index is 2.23. The zero-order valence-corrected chi connectivity index (χ0v) is 11.9. The van der Waals surface area contributed by atoms with Crippen molar-refractivity contribution in [3.8, 4) is 5.75 Å². The quantitative estimate of drug-likeness (QED) is 0.901. The van der Waals surface area contributed by atoms with E-state index in [0.29, 0.717) is 37.2 Å². The molecule has 0 spiro atoms. The molecule has 2 rings (SSSR count). The van der Waals surface area contributed by atoms with Crippen molar-refractivity contribution in [2.75, 3.05) is 13.7 Å². The maximum atomic E-state index is 14.0. The summed E-state index contributed by atoms with van der Waals surface area (Å²) in [5.74, 6) is -0.703. The summed E-state index contributed by atoms with van der Waals surface area (Å²) in [5.41, 5.74) is -0.349. The molecule has 4 nitrogen and oxygen atoms in total. The maximum absolute atomic E-state index is 14.0. The molecule has 1 unspecified atom stereocenters. The number of hydrogen-bond donors (Lipinski definition) is 1. The van der Waals surface area contributed by atoms with Crippen LogP contribution in [0.4, 0.5) is 4.39 Å². The molecule has 0 saturated carbocycles. The molecular formula is C15H20FNO3. The van der Waals surface area contributed by atoms with Gasteiger partial charge in [0.25, 0.3) is 0 Å². The van der Waals surface area contributed by atoms with E-state index < -0.39 is 11.5 Å². The normalized spacial score (nSPS) is 22.9. The molecule has 0 aliphatic carbocycles. The van der Waals surface area contributed by atoms with Crippen LogP contribution in [-0.2, 0) is 11.3 Å². The lowest BCUT2D eigenvalue weighted by molar-refractivity contribution is -0.150. The molecule has 1 aromatic rings. The topological polar surface area (TPSA) is 49.8 Å². The molecule has 0 amide bonds. The van der Waals surface area contributed by atoms with Crippen molar-refractivity contribution < 1.29 is 19.0 Å². The van der Waals surface area contributed by atoms with Crippen molar-refractivity contribution in [3.63, 3.8) is 0 Å². The van der Waals surface area contributed by atoms with E-state index >= 15 is 0 Å². The number of hydrogen-bond acceptors (Lipinski definition) is 3. The minimum atomic E-state index is -0.855. The van der Waals surface area contributed by atoms with E-state index in [0.717, 1.165) is 6.42 Å². The smallest absolute Gasteiger partial charge is 0.324 e. The van der Waals surface area contributed by atoms with Crippen molar-refractivity contribution in [1.29, 1.82) is 0 Å². The Bertz CT molecular complexity index is 506. The van der Waals surface area contributed by atoms with Crippen molar-refractivity contribution in [1.82, 2.24) is 4.90 Å². The monoisotopic (exact) mass is 281 g/mol. The highest BCUT2D eigenvalue weighted by Gasteiger charge is 2.46. The predicted octanol–water partition coefficient (Wildman–Crippen LogP) is 2.66. The molecule has 110 valence electrons. The van der Waals surface area contributed by atoms with Gasteiger partial charge in [-0.05, 0) is 31.9 Å². The Hall–Kier alpha value is -1.62. The Morgan fingerprint density at radius 1 is 1.55 bits per heavy atom. The number of benzene rings is 1. The molecule has 1 saturated heterocycles. The highest BCUT2D eigenvalue weighted by atomic mass is 19.1. The Kier molecular flexibility index (Phi) is 4.28. The molecule has 1 atom stereocenters. The standard InChI is InChI=1S/C15H20FNO3/c1-3-15(14(18)19)7-4-8-17(15)10-11-5-6-12(20-2)9-13(11)16/h5-6,9H,3-4,7-8,10H2,1-2H3,(H,18,19). The van der Waals surface area contributed by atoms with Crippen LogP contribution >= 0.6 is 0 Å². The fraction of sp³-hybridized carbons (Fsp3) is 0.533. The first kappa shape index (κ1) is 14.8. The second-order valence-electron chi connectivity index (χ2n) is 5.17. The fourth-order valence-electron chi connectivity index (χ4n) is 2.95. The summed E-state index contributed by atoms with van der Waals surface area (Å²) in [6.45, 7) is 2.87. The van der Waals surface area contributed by atoms with Gasteiger partial charge in [-0.25, -0.2) is 4.39 Å². The summed E-state index contributed by atoms with van der Waals surface area (Å²) >= 11 is 0. The molecule has 5 heteroatoms. The highest BCUT2D eigenvalue weighted by molar-refractivity contribution is 5.79. The van der Waals surface area contributed by atoms with Gasteiger partial charge in [0.15, 0.2) is 0 Å². The molecule has 0 aromatic heterocycles. The molecule has 1 aliphatic heterocycles. The van der Waals surface area contributed by atoms with E-state index in [-0.39, 0.29) is 5.82 Å². The number of methoxy groups -OCH3 is 1. The van der Waals surface area contributed by atoms with Crippen LogP contribution in [0.2, 0.25) is 0 Å². The van der Waals surface area contributed by atoms with Crippen LogP contribution in [0.1, 0.15) is 31.7 Å². The van der Waals surface area contributed by atoms with Crippen LogP contribution in [0.3, 0.4) is 0 Å². The molecule has 1 N–H and O–H groups in total. The summed E-state index contributed by atoms with van der Waals surface area (Å²) in [6.07, 6.45) is 1.98. The SMILES string of the molecule is CCC1(C(=O)O)CCCN1Cc1ccc(OC)cc1F. The van der Waals surface area contributed by atoms with Crippen LogP contribution in [0.15, 0.2) is 18.2 Å². The first-order chi connectivity index (χ1) is 9.53. The lowest BCUT2D eigenvalue weighted by atomic mass is 9.92. The van der Waals surface area contributed by atoms with E-state index in [4.69, 9.17) is 4.74 Å². The minimum Gasteiger partial charge on any atom is -0.497 e. The van der Waals surface area contributed by atoms with E-state index in [1.54, 1.807) is 12.1 Å². The zero-order chi connectivity index (χ0) is 14.8. The molecule has 1 aliphatic rings. The highest BCUT2D eigenvalue weighted by Crippen LogP contribution is 2.34. The zero-order valence-electron chi connectivity index (χ0n) is 11.9. The van der Waals surface area contributed by atoms with E-state index in [1.807, 2.05) is 11.8 Å². The average molecular weight is 281 g/mol. The number of halogens is 1. The summed E-state index contributed by atoms with van der Waals surface area (Å²) < 4.78 is 19.0. The van der Waals surface area contributed by atoms with Gasteiger partial charge in [0.05, 0.1) is 7.11 Å². The molecule has 1 fully saturated rings. The molecule has 1 aromatic carbocycles. The molecular weight excluding hydrogens is 261 g/mol. The van der Waals surface area contributed by atoms with Crippen molar-refractivity contribution in [2.45, 2.75) is 38.3 Å². The Morgan fingerprint density at radius 2 is 2.30 bits per heavy atom. The van der Waals surface area contributed by atoms with Gasteiger partial charge in [0.1, 0.15) is 17.1 Å². The Labute approximate surface area is 118 Å². The van der Waals surface area contributed by atoms with E-state index in [1.165, 1.54) is 13.2 Å². The van der Waals surface area contributed by atoms with Gasteiger partial charge in [-0.1, -0.05) is 13.0 Å². The van der Waals surface area contributed by atoms with Gasteiger partial charge in [-0.3, -0.25) is 9.69 Å². The number of likely N-dealkylation sites (tertiary alicyclic amines) is 1. The third kappa shape index (κ3) is 2.50. The van der Waals surface area contributed by atoms with Gasteiger partial charge >= 0.3 is 5.97 Å². The molecule has 20 heavy (non-hydrogen) atoms. The lowest BCUT2D eigenvalue weighted by Crippen LogP contribution is -2.49. The van der Waals surface area contributed by atoms with Gasteiger partial charge in [0.2, 0.25) is 0 Å². The van der Waals surface area contributed by atoms with E-state index in [9.17, 15) is 14.3 Å². The number of carbonyl (C=O) groups is 1. The largest absolute Gasteiger partial charge is 0.497 e. The predicted molar refractivity (Wildman–Crippen MR) is 73.3 cm³/mol. The maximum Gasteiger partial charge on any atom is 0.324 e. The third-order valence-electron chi connectivity index (χ3n) is 4.23. The van der Waals surface area contributed by atoms with Crippen LogP contribution in [0.25, 0.3) is 0 Å². The number of carboxylic acids is 1. The number of aliphatic carboxylic acids is 1. The van der Waals surface area contributed by atoms with Crippen molar-refractivity contribution in [2.24, 2.45) is 0 Å². The van der Waals surface area contributed by atoms with Gasteiger partial charge in [-0.2, -0.15) is 0 Å². The van der Waals surface area contributed by atoms with Crippen LogP contribution < -0.4 is 4.74 Å². The van der Waals surface area contributed by atoms with Gasteiger partial charge < -0.3 is 9.84 Å². The molecule has 0 radical (unpaired) electrons. The summed E-state index contributed by atoms with van der Waals surface area (Å²) in [6, 6.07) is 4.69. The van der Waals surface area contributed by atoms with Crippen LogP contribution in [0.5, 0.6) is 5.75 Å². The van der Waals surface area contributed by atoms with Crippen molar-refractivity contribution in [3.05, 3.63) is 29.6 Å². The first-order valence-electron chi connectivity index (χ1n) is 6.84. The van der Waals surface area contributed by atoms with Crippen LogP contribution in [-0.4, -0.2) is 35.2 Å². The summed E-state index contributed by atoms with van der Waals surface area (Å²) in [5, 5.41) is 9.51. The fourth-order valence-corrected chi connectivity index (χ4v) is 2.95. The van der Waals surface area contributed by atoms with Crippen LogP contribution in [0, 0.1) is 5.82 Å². The third-order valence-corrected chi connectivity index (χ3v) is 4.23. The number of nitrogens with zero attached hydrogens (tertiary/aromatic N) is 1. The first-order valence-corrected chi connectivity index (χ1v) is 6.84. The number of rotatable bonds is 5. The molecule has 1 heterocycles. The lowest BCUT2D eigenvalue weighted by Gasteiger charge is -2.34. The average Bonchev–Trinajstić information content (AvgIpc) is 2.85. The summed E-state index contributed by atoms with van der Waals surface area (Å²) in [7, 11) is 1.49. The second-order valence-corrected chi connectivity index (χ2v) is 5.17. The van der Waals surface area contributed by atoms with Gasteiger partial charge in [-0.15, -0.1) is 0 Å². The van der Waals surface area contributed by atoms with Crippen molar-refractivity contribution >= 4 is 5.97 Å².